The van der Waals surface area contributed by atoms with Crippen molar-refractivity contribution in [1.82, 2.24) is 0 Å². The van der Waals surface area contributed by atoms with Gasteiger partial charge in [0.05, 0.1) is 11.6 Å². The van der Waals surface area contributed by atoms with E-state index >= 15 is 0 Å². The molecule has 102 valence electrons. The maximum absolute atomic E-state index is 11.7. The van der Waals surface area contributed by atoms with Gasteiger partial charge in [-0.05, 0) is 36.4 Å². The van der Waals surface area contributed by atoms with Crippen LogP contribution in [0.2, 0.25) is 0 Å². The molecule has 0 aliphatic rings. The smallest absolute Gasteiger partial charge is 0.224 e. The Morgan fingerprint density at radius 2 is 1.95 bits per heavy atom. The Balaban J connectivity index is 2.29. The van der Waals surface area contributed by atoms with E-state index < -0.39 is 0 Å². The number of hydrogen-bond acceptors (Lipinski definition) is 3. The first-order chi connectivity index (χ1) is 8.90. The highest BCUT2D eigenvalue weighted by atomic mass is 32.2. The summed E-state index contributed by atoms with van der Waals surface area (Å²) in [5, 5.41) is 11.5. The third-order valence-corrected chi connectivity index (χ3v) is 3.74. The molecule has 1 aromatic carbocycles. The number of carbonyl (C=O) groups is 1. The van der Waals surface area contributed by atoms with Crippen molar-refractivity contribution in [2.24, 2.45) is 0 Å². The van der Waals surface area contributed by atoms with Crippen LogP contribution in [0.1, 0.15) is 39.2 Å². The highest BCUT2D eigenvalue weighted by Crippen LogP contribution is 2.24. The number of nitrogens with zero attached hydrogens (tertiary/aromatic N) is 1. The van der Waals surface area contributed by atoms with Gasteiger partial charge in [0.15, 0.2) is 0 Å². The number of nitriles is 1. The Hall–Kier alpha value is -1.47. The molecule has 0 radical (unpaired) electrons. The first-order valence-electron chi connectivity index (χ1n) is 6.35. The fourth-order valence-electron chi connectivity index (χ4n) is 1.46. The molecule has 1 amide bonds. The zero-order valence-electron chi connectivity index (χ0n) is 11.7. The molecule has 1 rings (SSSR count). The van der Waals surface area contributed by atoms with Crippen molar-refractivity contribution < 1.29 is 4.79 Å². The zero-order valence-corrected chi connectivity index (χ0v) is 12.5. The summed E-state index contributed by atoms with van der Waals surface area (Å²) in [6.45, 7) is 6.53. The second-order valence-corrected chi connectivity index (χ2v) is 7.22. The highest BCUT2D eigenvalue weighted by molar-refractivity contribution is 8.00. The average molecular weight is 276 g/mol. The van der Waals surface area contributed by atoms with Crippen LogP contribution in [0, 0.1) is 11.3 Å². The van der Waals surface area contributed by atoms with Gasteiger partial charge in [0, 0.05) is 16.9 Å². The number of carbonyl (C=O) groups excluding carboxylic acids is 1. The molecule has 0 saturated heterocycles. The third-order valence-electron chi connectivity index (χ3n) is 2.38. The molecule has 19 heavy (non-hydrogen) atoms. The lowest BCUT2D eigenvalue weighted by Crippen LogP contribution is -2.13. The maximum Gasteiger partial charge on any atom is 0.224 e. The topological polar surface area (TPSA) is 52.9 Å². The second-order valence-electron chi connectivity index (χ2n) is 5.30. The predicted molar refractivity (Wildman–Crippen MR) is 81.2 cm³/mol. The molecule has 0 heterocycles. The van der Waals surface area contributed by atoms with Gasteiger partial charge in [-0.3, -0.25) is 4.79 Å². The van der Waals surface area contributed by atoms with Crippen LogP contribution < -0.4 is 5.32 Å². The third kappa shape index (κ3) is 6.88. The minimum absolute atomic E-state index is 0.0271. The molecule has 0 saturated carbocycles. The van der Waals surface area contributed by atoms with Gasteiger partial charge in [-0.25, -0.2) is 0 Å². The van der Waals surface area contributed by atoms with Crippen molar-refractivity contribution in [3.63, 3.8) is 0 Å². The molecule has 0 aromatic heterocycles. The highest BCUT2D eigenvalue weighted by Gasteiger charge is 2.10. The van der Waals surface area contributed by atoms with Gasteiger partial charge in [0.25, 0.3) is 0 Å². The van der Waals surface area contributed by atoms with Crippen LogP contribution in [-0.4, -0.2) is 16.4 Å². The van der Waals surface area contributed by atoms with Crippen LogP contribution in [0.4, 0.5) is 5.69 Å². The summed E-state index contributed by atoms with van der Waals surface area (Å²) < 4.78 is 0.254. The monoisotopic (exact) mass is 276 g/mol. The second kappa shape index (κ2) is 7.20. The maximum atomic E-state index is 11.7. The van der Waals surface area contributed by atoms with E-state index in [-0.39, 0.29) is 10.7 Å². The predicted octanol–water partition coefficient (Wildman–Crippen LogP) is 3.81. The van der Waals surface area contributed by atoms with E-state index in [1.165, 1.54) is 0 Å². The Bertz CT molecular complexity index is 455. The van der Waals surface area contributed by atoms with Crippen molar-refractivity contribution in [3.05, 3.63) is 29.8 Å². The van der Waals surface area contributed by atoms with E-state index in [0.29, 0.717) is 12.0 Å². The van der Waals surface area contributed by atoms with Gasteiger partial charge in [0.1, 0.15) is 0 Å². The molecule has 4 heteroatoms. The molecule has 0 aliphatic heterocycles. The van der Waals surface area contributed by atoms with Gasteiger partial charge < -0.3 is 5.32 Å². The van der Waals surface area contributed by atoms with E-state index in [2.05, 4.69) is 26.1 Å². The molecular formula is C15H20N2OS. The Labute approximate surface area is 119 Å². The van der Waals surface area contributed by atoms with E-state index in [1.807, 2.05) is 17.8 Å². The van der Waals surface area contributed by atoms with Crippen LogP contribution >= 0.6 is 11.8 Å². The standard InChI is InChI=1S/C15H20N2OS/c1-15(2,3)19-10-4-5-14(18)17-13-8-6-12(11-16)7-9-13/h6-9H,4-5,10H2,1-3H3,(H,17,18). The molecule has 0 aliphatic carbocycles. The van der Waals surface area contributed by atoms with Crippen molar-refractivity contribution in [2.45, 2.75) is 38.4 Å². The Morgan fingerprint density at radius 1 is 1.32 bits per heavy atom. The summed E-state index contributed by atoms with van der Waals surface area (Å²) in [5.74, 6) is 1.02. The van der Waals surface area contributed by atoms with E-state index in [9.17, 15) is 4.79 Å². The average Bonchev–Trinajstić information content (AvgIpc) is 2.34. The van der Waals surface area contributed by atoms with E-state index in [4.69, 9.17) is 5.26 Å². The first kappa shape index (κ1) is 15.6. The van der Waals surface area contributed by atoms with Gasteiger partial charge in [-0.1, -0.05) is 20.8 Å². The number of rotatable bonds is 5. The van der Waals surface area contributed by atoms with Crippen LogP contribution in [-0.2, 0) is 4.79 Å². The number of thioether (sulfide) groups is 1. The summed E-state index contributed by atoms with van der Waals surface area (Å²) in [6, 6.07) is 8.95. The molecule has 0 atom stereocenters. The number of anilines is 1. The van der Waals surface area contributed by atoms with Crippen LogP contribution in [0.25, 0.3) is 0 Å². The van der Waals surface area contributed by atoms with Crippen LogP contribution in [0.15, 0.2) is 24.3 Å². The van der Waals surface area contributed by atoms with Crippen molar-refractivity contribution in [3.8, 4) is 6.07 Å². The largest absolute Gasteiger partial charge is 0.326 e. The minimum atomic E-state index is 0.0271. The van der Waals surface area contributed by atoms with E-state index in [1.54, 1.807) is 24.3 Å². The van der Waals surface area contributed by atoms with Crippen molar-refractivity contribution in [2.75, 3.05) is 11.1 Å². The quantitative estimate of drug-likeness (QED) is 0.832. The number of benzene rings is 1. The van der Waals surface area contributed by atoms with Crippen molar-refractivity contribution in [1.29, 1.82) is 5.26 Å². The summed E-state index contributed by atoms with van der Waals surface area (Å²) >= 11 is 1.87. The Morgan fingerprint density at radius 3 is 2.47 bits per heavy atom. The molecular weight excluding hydrogens is 256 g/mol. The molecule has 0 fully saturated rings. The molecule has 1 aromatic rings. The minimum Gasteiger partial charge on any atom is -0.326 e. The number of nitrogens with one attached hydrogen (secondary N) is 1. The fraction of sp³-hybridized carbons (Fsp3) is 0.467. The van der Waals surface area contributed by atoms with Gasteiger partial charge in [0.2, 0.25) is 5.91 Å². The molecule has 0 unspecified atom stereocenters. The lowest BCUT2D eigenvalue weighted by Gasteiger charge is -2.17. The summed E-state index contributed by atoms with van der Waals surface area (Å²) in [5.41, 5.74) is 1.34. The summed E-state index contributed by atoms with van der Waals surface area (Å²) in [7, 11) is 0. The summed E-state index contributed by atoms with van der Waals surface area (Å²) in [4.78, 5) is 11.7. The fourth-order valence-corrected chi connectivity index (χ4v) is 2.36. The van der Waals surface area contributed by atoms with E-state index in [0.717, 1.165) is 17.9 Å². The first-order valence-corrected chi connectivity index (χ1v) is 7.33. The summed E-state index contributed by atoms with van der Waals surface area (Å²) in [6.07, 6.45) is 1.41. The number of hydrogen-bond donors (Lipinski definition) is 1. The lowest BCUT2D eigenvalue weighted by atomic mass is 10.2. The van der Waals surface area contributed by atoms with Crippen molar-refractivity contribution >= 4 is 23.4 Å². The molecule has 3 nitrogen and oxygen atoms in total. The molecule has 0 bridgehead atoms. The zero-order chi connectivity index (χ0) is 14.3. The normalized spacial score (nSPS) is 10.8. The lowest BCUT2D eigenvalue weighted by molar-refractivity contribution is -0.116. The molecule has 1 N–H and O–H groups in total. The van der Waals surface area contributed by atoms with Crippen LogP contribution in [0.3, 0.4) is 0 Å². The van der Waals surface area contributed by atoms with Crippen LogP contribution in [0.5, 0.6) is 0 Å². The number of amides is 1. The van der Waals surface area contributed by atoms with Gasteiger partial charge in [-0.15, -0.1) is 0 Å². The Kier molecular flexibility index (Phi) is 5.91. The SMILES string of the molecule is CC(C)(C)SCCCC(=O)Nc1ccc(C#N)cc1. The molecule has 0 spiro atoms. The van der Waals surface area contributed by atoms with Gasteiger partial charge >= 0.3 is 0 Å². The van der Waals surface area contributed by atoms with Gasteiger partial charge in [-0.2, -0.15) is 17.0 Å².